The highest BCUT2D eigenvalue weighted by Gasteiger charge is 2.28. The number of anilines is 1. The molecule has 0 radical (unpaired) electrons. The van der Waals surface area contributed by atoms with Crippen LogP contribution < -0.4 is 4.90 Å². The van der Waals surface area contributed by atoms with Crippen LogP contribution in [0.3, 0.4) is 0 Å². The predicted octanol–water partition coefficient (Wildman–Crippen LogP) is 3.74. The summed E-state index contributed by atoms with van der Waals surface area (Å²) >= 11 is 0. The first-order chi connectivity index (χ1) is 13.5. The quantitative estimate of drug-likeness (QED) is 0.709. The number of carbonyl (C=O) groups is 3. The fourth-order valence-corrected chi connectivity index (χ4v) is 2.54. The van der Waals surface area contributed by atoms with Gasteiger partial charge in [0, 0.05) is 5.69 Å². The van der Waals surface area contributed by atoms with Gasteiger partial charge < -0.3 is 9.47 Å². The molecule has 29 heavy (non-hydrogen) atoms. The van der Waals surface area contributed by atoms with Crippen molar-refractivity contribution in [2.45, 2.75) is 26.4 Å². The van der Waals surface area contributed by atoms with E-state index in [1.165, 1.54) is 31.4 Å². The maximum atomic E-state index is 14.2. The summed E-state index contributed by atoms with van der Waals surface area (Å²) in [5.41, 5.74) is -1.48. The van der Waals surface area contributed by atoms with E-state index in [2.05, 4.69) is 4.74 Å². The number of halogens is 2. The third-order valence-electron chi connectivity index (χ3n) is 3.71. The average molecular weight is 405 g/mol. The van der Waals surface area contributed by atoms with Crippen molar-refractivity contribution in [3.8, 4) is 0 Å². The summed E-state index contributed by atoms with van der Waals surface area (Å²) in [5, 5.41) is 0. The van der Waals surface area contributed by atoms with Crippen LogP contribution in [0.5, 0.6) is 0 Å². The molecule has 0 aliphatic carbocycles. The van der Waals surface area contributed by atoms with E-state index in [0.717, 1.165) is 23.1 Å². The van der Waals surface area contributed by atoms with Gasteiger partial charge in [0.2, 0.25) is 0 Å². The number of carbonyl (C=O) groups excluding carboxylic acids is 3. The van der Waals surface area contributed by atoms with Crippen molar-refractivity contribution in [2.75, 3.05) is 18.6 Å². The van der Waals surface area contributed by atoms with E-state index in [1.54, 1.807) is 20.8 Å². The number of nitrogens with zero attached hydrogens (tertiary/aromatic N) is 1. The Hall–Kier alpha value is -3.29. The molecular weight excluding hydrogens is 384 g/mol. The van der Waals surface area contributed by atoms with Crippen LogP contribution >= 0.6 is 0 Å². The van der Waals surface area contributed by atoms with Gasteiger partial charge in [-0.05, 0) is 51.1 Å². The van der Waals surface area contributed by atoms with E-state index >= 15 is 0 Å². The van der Waals surface area contributed by atoms with E-state index in [4.69, 9.17) is 4.74 Å². The van der Waals surface area contributed by atoms with Crippen LogP contribution in [0.1, 0.15) is 41.5 Å². The Kier molecular flexibility index (Phi) is 6.68. The number of ether oxygens (including phenoxy) is 2. The van der Waals surface area contributed by atoms with Gasteiger partial charge in [-0.1, -0.05) is 12.1 Å². The van der Waals surface area contributed by atoms with Gasteiger partial charge in [0.05, 0.1) is 12.7 Å². The molecule has 0 aromatic heterocycles. The van der Waals surface area contributed by atoms with E-state index in [0.29, 0.717) is 0 Å². The third kappa shape index (κ3) is 5.60. The Balaban J connectivity index is 2.50. The smallest absolute Gasteiger partial charge is 0.337 e. The summed E-state index contributed by atoms with van der Waals surface area (Å²) in [6, 6.07) is 8.60. The minimum Gasteiger partial charge on any atom is -0.465 e. The average Bonchev–Trinajstić information content (AvgIpc) is 2.64. The van der Waals surface area contributed by atoms with Crippen molar-refractivity contribution in [1.82, 2.24) is 0 Å². The Morgan fingerprint density at radius 3 is 2.14 bits per heavy atom. The van der Waals surface area contributed by atoms with Crippen LogP contribution in [0.15, 0.2) is 42.5 Å². The first-order valence-electron chi connectivity index (χ1n) is 8.69. The van der Waals surface area contributed by atoms with Crippen LogP contribution in [-0.2, 0) is 14.3 Å². The SMILES string of the molecule is COC(=O)c1cccc(N(CC(=O)OC(C)(C)C)C(=O)c2c(F)cccc2F)c1. The van der Waals surface area contributed by atoms with Gasteiger partial charge in [-0.3, -0.25) is 14.5 Å². The standard InChI is InChI=1S/C21H21F2NO5/c1-21(2,3)29-17(25)12-24(14-8-5-7-13(11-14)20(27)28-4)19(26)18-15(22)9-6-10-16(18)23/h5-11H,12H2,1-4H3. The van der Waals surface area contributed by atoms with Gasteiger partial charge in [0.25, 0.3) is 5.91 Å². The van der Waals surface area contributed by atoms with Gasteiger partial charge in [-0.25, -0.2) is 13.6 Å². The maximum absolute atomic E-state index is 14.2. The number of amides is 1. The van der Waals surface area contributed by atoms with Crippen LogP contribution in [0, 0.1) is 11.6 Å². The molecule has 2 aromatic carbocycles. The molecule has 8 heteroatoms. The van der Waals surface area contributed by atoms with Crippen molar-refractivity contribution in [3.63, 3.8) is 0 Å². The van der Waals surface area contributed by atoms with Gasteiger partial charge in [0.15, 0.2) is 0 Å². The van der Waals surface area contributed by atoms with Crippen LogP contribution in [-0.4, -0.2) is 37.1 Å². The molecule has 0 spiro atoms. The molecule has 0 bridgehead atoms. The lowest BCUT2D eigenvalue weighted by molar-refractivity contribution is -0.152. The Bertz CT molecular complexity index is 917. The molecule has 0 aliphatic heterocycles. The minimum atomic E-state index is -1.09. The predicted molar refractivity (Wildman–Crippen MR) is 102 cm³/mol. The molecule has 6 nitrogen and oxygen atoms in total. The molecular formula is C21H21F2NO5. The lowest BCUT2D eigenvalue weighted by Gasteiger charge is -2.26. The molecule has 0 heterocycles. The summed E-state index contributed by atoms with van der Waals surface area (Å²) < 4.78 is 38.2. The second kappa shape index (κ2) is 8.81. The summed E-state index contributed by atoms with van der Waals surface area (Å²) in [5.74, 6) is -4.70. The zero-order valence-electron chi connectivity index (χ0n) is 16.5. The zero-order chi connectivity index (χ0) is 21.8. The highest BCUT2D eigenvalue weighted by molar-refractivity contribution is 6.09. The molecule has 154 valence electrons. The van der Waals surface area contributed by atoms with E-state index in [9.17, 15) is 23.2 Å². The van der Waals surface area contributed by atoms with Gasteiger partial charge in [-0.2, -0.15) is 0 Å². The molecule has 2 aromatic rings. The Morgan fingerprint density at radius 1 is 1.00 bits per heavy atom. The first-order valence-corrected chi connectivity index (χ1v) is 8.69. The molecule has 1 amide bonds. The van der Waals surface area contributed by atoms with E-state index in [-0.39, 0.29) is 11.3 Å². The van der Waals surface area contributed by atoms with Crippen molar-refractivity contribution >= 4 is 23.5 Å². The van der Waals surface area contributed by atoms with Crippen LogP contribution in [0.2, 0.25) is 0 Å². The van der Waals surface area contributed by atoms with E-state index < -0.39 is 47.2 Å². The lowest BCUT2D eigenvalue weighted by Crippen LogP contribution is -2.39. The number of methoxy groups -OCH3 is 1. The monoisotopic (exact) mass is 405 g/mol. The maximum Gasteiger partial charge on any atom is 0.337 e. The highest BCUT2D eigenvalue weighted by atomic mass is 19.1. The van der Waals surface area contributed by atoms with Crippen molar-refractivity contribution < 1.29 is 32.6 Å². The van der Waals surface area contributed by atoms with Crippen molar-refractivity contribution in [1.29, 1.82) is 0 Å². The van der Waals surface area contributed by atoms with Gasteiger partial charge in [0.1, 0.15) is 29.3 Å². The number of hydrogen-bond acceptors (Lipinski definition) is 5. The van der Waals surface area contributed by atoms with Crippen molar-refractivity contribution in [3.05, 3.63) is 65.2 Å². The normalized spacial score (nSPS) is 11.0. The molecule has 0 fully saturated rings. The van der Waals surface area contributed by atoms with E-state index in [1.807, 2.05) is 0 Å². The topological polar surface area (TPSA) is 72.9 Å². The molecule has 2 rings (SSSR count). The Morgan fingerprint density at radius 2 is 1.59 bits per heavy atom. The lowest BCUT2D eigenvalue weighted by atomic mass is 10.1. The summed E-state index contributed by atoms with van der Waals surface area (Å²) in [6.07, 6.45) is 0. The molecule has 0 aliphatic rings. The van der Waals surface area contributed by atoms with Crippen LogP contribution in [0.25, 0.3) is 0 Å². The number of esters is 2. The fourth-order valence-electron chi connectivity index (χ4n) is 2.54. The van der Waals surface area contributed by atoms with Gasteiger partial charge >= 0.3 is 11.9 Å². The largest absolute Gasteiger partial charge is 0.465 e. The minimum absolute atomic E-state index is 0.0754. The number of benzene rings is 2. The highest BCUT2D eigenvalue weighted by Crippen LogP contribution is 2.23. The first kappa shape index (κ1) is 22.0. The summed E-state index contributed by atoms with van der Waals surface area (Å²) in [6.45, 7) is 4.32. The zero-order valence-corrected chi connectivity index (χ0v) is 16.5. The third-order valence-corrected chi connectivity index (χ3v) is 3.71. The summed E-state index contributed by atoms with van der Waals surface area (Å²) in [4.78, 5) is 37.9. The second-order valence-corrected chi connectivity index (χ2v) is 7.12. The number of rotatable bonds is 5. The second-order valence-electron chi connectivity index (χ2n) is 7.12. The molecule has 0 unspecified atom stereocenters. The molecule has 0 atom stereocenters. The molecule has 0 N–H and O–H groups in total. The fraction of sp³-hybridized carbons (Fsp3) is 0.286. The molecule has 0 saturated heterocycles. The van der Waals surface area contributed by atoms with Gasteiger partial charge in [-0.15, -0.1) is 0 Å². The van der Waals surface area contributed by atoms with Crippen LogP contribution in [0.4, 0.5) is 14.5 Å². The summed E-state index contributed by atoms with van der Waals surface area (Å²) in [7, 11) is 1.19. The Labute approximate surface area is 167 Å². The molecule has 0 saturated carbocycles. The van der Waals surface area contributed by atoms with Crippen molar-refractivity contribution in [2.24, 2.45) is 0 Å². The number of hydrogen-bond donors (Lipinski definition) is 0.